The summed E-state index contributed by atoms with van der Waals surface area (Å²) in [5.41, 5.74) is 1.47. The van der Waals surface area contributed by atoms with Crippen molar-refractivity contribution in [2.45, 2.75) is 46.1 Å². The molecule has 2 rings (SSSR count). The number of rotatable bonds is 7. The number of benzene rings is 1. The summed E-state index contributed by atoms with van der Waals surface area (Å²) in [6.07, 6.45) is 3.67. The molecule has 0 spiro atoms. The number of nitrogens with one attached hydrogen (secondary N) is 1. The number of hydrogen-bond donors (Lipinski definition) is 1. The lowest BCUT2D eigenvalue weighted by Crippen LogP contribution is -2.22. The van der Waals surface area contributed by atoms with Gasteiger partial charge in [0.15, 0.2) is 0 Å². The molecule has 0 saturated heterocycles. The maximum atomic E-state index is 3.73. The van der Waals surface area contributed by atoms with Crippen LogP contribution in [0.4, 0.5) is 0 Å². The Kier molecular flexibility index (Phi) is 6.06. The monoisotopic (exact) mass is 353 g/mol. The van der Waals surface area contributed by atoms with E-state index in [0.717, 1.165) is 12.5 Å². The molecule has 0 fully saturated rings. The smallest absolute Gasteiger partial charge is 0.0488 e. The summed E-state index contributed by atoms with van der Waals surface area (Å²) >= 11 is 5.51. The van der Waals surface area contributed by atoms with E-state index in [1.807, 2.05) is 11.3 Å². The Labute approximate surface area is 134 Å². The van der Waals surface area contributed by atoms with Crippen molar-refractivity contribution in [3.8, 4) is 0 Å². The van der Waals surface area contributed by atoms with Gasteiger partial charge in [-0.1, -0.05) is 32.9 Å². The first-order valence-corrected chi connectivity index (χ1v) is 9.19. The lowest BCUT2D eigenvalue weighted by Gasteiger charge is -2.19. The van der Waals surface area contributed by atoms with Gasteiger partial charge in [0.1, 0.15) is 0 Å². The van der Waals surface area contributed by atoms with E-state index in [1.54, 1.807) is 0 Å². The van der Waals surface area contributed by atoms with Crippen molar-refractivity contribution in [2.24, 2.45) is 5.92 Å². The summed E-state index contributed by atoms with van der Waals surface area (Å²) in [5, 5.41) is 7.47. The molecule has 0 amide bonds. The predicted molar refractivity (Wildman–Crippen MR) is 94.6 cm³/mol. The largest absolute Gasteiger partial charge is 0.310 e. The van der Waals surface area contributed by atoms with Crippen LogP contribution in [0.2, 0.25) is 0 Å². The zero-order valence-corrected chi connectivity index (χ0v) is 15.0. The van der Waals surface area contributed by atoms with E-state index < -0.39 is 0 Å². The van der Waals surface area contributed by atoms with Gasteiger partial charge in [-0.15, -0.1) is 11.3 Å². The van der Waals surface area contributed by atoms with Crippen LogP contribution in [0.3, 0.4) is 0 Å². The average molecular weight is 354 g/mol. The van der Waals surface area contributed by atoms with Gasteiger partial charge in [0.25, 0.3) is 0 Å². The van der Waals surface area contributed by atoms with Crippen LogP contribution in [0.15, 0.2) is 28.1 Å². The van der Waals surface area contributed by atoms with E-state index in [1.165, 1.54) is 39.4 Å². The van der Waals surface area contributed by atoms with Crippen LogP contribution < -0.4 is 5.32 Å². The minimum absolute atomic E-state index is 0.486. The molecular weight excluding hydrogens is 330 g/mol. The zero-order chi connectivity index (χ0) is 14.5. The standard InChI is InChI=1S/C17H24BrNS/c1-4-10-19-16(9-8-12(2)3)14-11-20-17-13(14)6-5-7-15(17)18/h5-7,11-12,16,19H,4,8-10H2,1-3H3. The molecule has 0 radical (unpaired) electrons. The molecule has 0 aliphatic carbocycles. The van der Waals surface area contributed by atoms with E-state index in [0.29, 0.717) is 6.04 Å². The van der Waals surface area contributed by atoms with Crippen LogP contribution in [-0.2, 0) is 0 Å². The molecule has 110 valence electrons. The highest BCUT2D eigenvalue weighted by Gasteiger charge is 2.16. The van der Waals surface area contributed by atoms with Gasteiger partial charge in [0.2, 0.25) is 0 Å². The lowest BCUT2D eigenvalue weighted by atomic mass is 9.97. The molecular formula is C17H24BrNS. The van der Waals surface area contributed by atoms with Crippen molar-refractivity contribution < 1.29 is 0 Å². The molecule has 0 aliphatic rings. The summed E-state index contributed by atoms with van der Waals surface area (Å²) in [6, 6.07) is 7.01. The third-order valence-corrected chi connectivity index (χ3v) is 5.60. The van der Waals surface area contributed by atoms with Crippen molar-refractivity contribution in [3.05, 3.63) is 33.6 Å². The second-order valence-corrected chi connectivity index (χ2v) is 7.52. The highest BCUT2D eigenvalue weighted by molar-refractivity contribution is 9.10. The molecule has 0 saturated carbocycles. The fourth-order valence-corrected chi connectivity index (χ4v) is 4.17. The minimum Gasteiger partial charge on any atom is -0.310 e. The number of hydrogen-bond acceptors (Lipinski definition) is 2. The Bertz CT molecular complexity index is 547. The molecule has 0 aliphatic heterocycles. The first-order chi connectivity index (χ1) is 9.63. The molecule has 1 nitrogen and oxygen atoms in total. The van der Waals surface area contributed by atoms with E-state index in [9.17, 15) is 0 Å². The third kappa shape index (κ3) is 3.84. The fraction of sp³-hybridized carbons (Fsp3) is 0.529. The Morgan fingerprint density at radius 3 is 2.75 bits per heavy atom. The van der Waals surface area contributed by atoms with E-state index in [2.05, 4.69) is 65.6 Å². The highest BCUT2D eigenvalue weighted by atomic mass is 79.9. The molecule has 1 heterocycles. The Morgan fingerprint density at radius 1 is 1.25 bits per heavy atom. The maximum absolute atomic E-state index is 3.73. The Balaban J connectivity index is 2.27. The molecule has 1 unspecified atom stereocenters. The van der Waals surface area contributed by atoms with E-state index in [4.69, 9.17) is 0 Å². The topological polar surface area (TPSA) is 12.0 Å². The van der Waals surface area contributed by atoms with Crippen molar-refractivity contribution in [2.75, 3.05) is 6.54 Å². The fourth-order valence-electron chi connectivity index (χ4n) is 2.50. The molecule has 2 aromatic rings. The second-order valence-electron chi connectivity index (χ2n) is 5.79. The zero-order valence-electron chi connectivity index (χ0n) is 12.6. The highest BCUT2D eigenvalue weighted by Crippen LogP contribution is 2.36. The van der Waals surface area contributed by atoms with Crippen LogP contribution in [0.5, 0.6) is 0 Å². The van der Waals surface area contributed by atoms with Gasteiger partial charge in [0, 0.05) is 15.2 Å². The Morgan fingerprint density at radius 2 is 2.05 bits per heavy atom. The summed E-state index contributed by atoms with van der Waals surface area (Å²) in [5.74, 6) is 0.762. The lowest BCUT2D eigenvalue weighted by molar-refractivity contribution is 0.443. The molecule has 20 heavy (non-hydrogen) atoms. The van der Waals surface area contributed by atoms with Gasteiger partial charge in [0.05, 0.1) is 0 Å². The number of halogens is 1. The predicted octanol–water partition coefficient (Wildman–Crippen LogP) is 6.14. The first-order valence-electron chi connectivity index (χ1n) is 7.52. The Hall–Kier alpha value is -0.380. The normalized spacial score (nSPS) is 13.2. The van der Waals surface area contributed by atoms with Gasteiger partial charge >= 0.3 is 0 Å². The van der Waals surface area contributed by atoms with E-state index in [-0.39, 0.29) is 0 Å². The molecule has 1 aromatic carbocycles. The van der Waals surface area contributed by atoms with Crippen LogP contribution in [0.1, 0.15) is 51.6 Å². The quantitative estimate of drug-likeness (QED) is 0.630. The number of fused-ring (bicyclic) bond motifs is 1. The van der Waals surface area contributed by atoms with Gasteiger partial charge in [-0.05, 0) is 70.1 Å². The molecule has 1 N–H and O–H groups in total. The molecule has 1 atom stereocenters. The van der Waals surface area contributed by atoms with Gasteiger partial charge in [-0.3, -0.25) is 0 Å². The maximum Gasteiger partial charge on any atom is 0.0488 e. The average Bonchev–Trinajstić information content (AvgIpc) is 2.84. The van der Waals surface area contributed by atoms with Crippen molar-refractivity contribution >= 4 is 37.4 Å². The van der Waals surface area contributed by atoms with Crippen molar-refractivity contribution in [3.63, 3.8) is 0 Å². The SMILES string of the molecule is CCCNC(CCC(C)C)c1csc2c(Br)cccc12. The summed E-state index contributed by atoms with van der Waals surface area (Å²) in [6.45, 7) is 7.93. The molecule has 1 aromatic heterocycles. The molecule has 0 bridgehead atoms. The van der Waals surface area contributed by atoms with Gasteiger partial charge in [-0.2, -0.15) is 0 Å². The summed E-state index contributed by atoms with van der Waals surface area (Å²) in [4.78, 5) is 0. The summed E-state index contributed by atoms with van der Waals surface area (Å²) < 4.78 is 2.58. The van der Waals surface area contributed by atoms with Crippen molar-refractivity contribution in [1.29, 1.82) is 0 Å². The van der Waals surface area contributed by atoms with Crippen LogP contribution in [-0.4, -0.2) is 6.54 Å². The number of thiophene rings is 1. The first kappa shape index (κ1) is 16.0. The van der Waals surface area contributed by atoms with Gasteiger partial charge in [-0.25, -0.2) is 0 Å². The summed E-state index contributed by atoms with van der Waals surface area (Å²) in [7, 11) is 0. The van der Waals surface area contributed by atoms with Crippen LogP contribution >= 0.6 is 27.3 Å². The van der Waals surface area contributed by atoms with Crippen molar-refractivity contribution in [1.82, 2.24) is 5.32 Å². The van der Waals surface area contributed by atoms with Gasteiger partial charge < -0.3 is 5.32 Å². The second kappa shape index (κ2) is 7.58. The van der Waals surface area contributed by atoms with E-state index >= 15 is 0 Å². The van der Waals surface area contributed by atoms with Crippen LogP contribution in [0.25, 0.3) is 10.1 Å². The minimum atomic E-state index is 0.486. The third-order valence-electron chi connectivity index (χ3n) is 3.63. The van der Waals surface area contributed by atoms with Crippen LogP contribution in [0, 0.1) is 5.92 Å². The molecule has 3 heteroatoms.